The van der Waals surface area contributed by atoms with Crippen molar-refractivity contribution < 1.29 is 22.5 Å². The molecular weight excluding hydrogens is 332 g/mol. The fourth-order valence-electron chi connectivity index (χ4n) is 2.23. The quantitative estimate of drug-likeness (QED) is 0.630. The summed E-state index contributed by atoms with van der Waals surface area (Å²) < 4.78 is 31.1. The van der Waals surface area contributed by atoms with Gasteiger partial charge in [0.15, 0.2) is 0 Å². The molecule has 1 aliphatic carbocycles. The fraction of sp³-hybridized carbons (Fsp3) is 0.438. The number of hydrogen-bond acceptors (Lipinski definition) is 5. The monoisotopic (exact) mass is 354 g/mol. The van der Waals surface area contributed by atoms with Gasteiger partial charge in [-0.1, -0.05) is 12.0 Å². The molecule has 0 bridgehead atoms. The van der Waals surface area contributed by atoms with Crippen LogP contribution in [0.2, 0.25) is 0 Å². The predicted molar refractivity (Wildman–Crippen MR) is 91.5 cm³/mol. The minimum atomic E-state index is -3.67. The number of rotatable bonds is 3. The lowest BCUT2D eigenvalue weighted by atomic mass is 10.1. The maximum absolute atomic E-state index is 11.5. The van der Waals surface area contributed by atoms with E-state index in [1.807, 2.05) is 18.2 Å². The van der Waals surface area contributed by atoms with E-state index in [4.69, 9.17) is 15.7 Å². The first kappa shape index (κ1) is 20.0. The Labute approximate surface area is 142 Å². The Hall–Kier alpha value is -2.08. The second-order valence-corrected chi connectivity index (χ2v) is 7.00. The van der Waals surface area contributed by atoms with E-state index in [0.29, 0.717) is 18.6 Å². The van der Waals surface area contributed by atoms with Gasteiger partial charge in [0.1, 0.15) is 5.75 Å². The number of amides is 1. The third-order valence-corrected chi connectivity index (χ3v) is 3.22. The van der Waals surface area contributed by atoms with Crippen molar-refractivity contribution in [3.63, 3.8) is 0 Å². The number of ether oxygens (including phenoxy) is 1. The lowest BCUT2D eigenvalue weighted by Crippen LogP contribution is -2.25. The van der Waals surface area contributed by atoms with Crippen molar-refractivity contribution >= 4 is 16.2 Å². The number of benzene rings is 1. The molecule has 1 aromatic rings. The third kappa shape index (κ3) is 7.00. The largest absolute Gasteiger partial charge is 0.414 e. The van der Waals surface area contributed by atoms with Crippen molar-refractivity contribution in [1.82, 2.24) is 10.2 Å². The molecule has 24 heavy (non-hydrogen) atoms. The Morgan fingerprint density at radius 1 is 1.50 bits per heavy atom. The highest BCUT2D eigenvalue weighted by Gasteiger charge is 2.22. The maximum atomic E-state index is 11.5. The average Bonchev–Trinajstić information content (AvgIpc) is 2.85. The van der Waals surface area contributed by atoms with Crippen molar-refractivity contribution in [2.24, 2.45) is 0 Å². The summed E-state index contributed by atoms with van der Waals surface area (Å²) in [5.74, 6) is 3.16. The summed E-state index contributed by atoms with van der Waals surface area (Å²) in [5, 5.41) is 3.30. The van der Waals surface area contributed by atoms with Gasteiger partial charge in [-0.3, -0.25) is 9.87 Å². The molecule has 1 unspecified atom stereocenters. The number of carbonyl (C=O) groups is 1. The van der Waals surface area contributed by atoms with Crippen LogP contribution in [0.15, 0.2) is 18.2 Å². The van der Waals surface area contributed by atoms with E-state index in [1.54, 1.807) is 14.1 Å². The Balaban J connectivity index is 0.000000505. The first-order valence-corrected chi connectivity index (χ1v) is 9.08. The lowest BCUT2D eigenvalue weighted by Gasteiger charge is -2.14. The molecule has 2 rings (SSSR count). The molecule has 1 atom stereocenters. The van der Waals surface area contributed by atoms with E-state index < -0.39 is 10.1 Å². The summed E-state index contributed by atoms with van der Waals surface area (Å²) in [6.07, 6.45) is 7.67. The molecule has 0 fully saturated rings. The van der Waals surface area contributed by atoms with Crippen LogP contribution in [-0.2, 0) is 16.5 Å². The standard InChI is InChI=1S/C15H18N2O2.CH4O3S/c1-4-9-16-14-8-6-11-5-7-12(10-13(11)14)19-15(18)17(2)3;1-5(2,3)4/h1,5,7,10,14,16H,6,8-9H2,2-3H3;1H3,(H,2,3,4). The number of hydrogen-bond donors (Lipinski definition) is 2. The minimum absolute atomic E-state index is 0.254. The molecule has 0 heterocycles. The van der Waals surface area contributed by atoms with Crippen molar-refractivity contribution in [2.75, 3.05) is 26.9 Å². The van der Waals surface area contributed by atoms with Crippen LogP contribution in [-0.4, -0.2) is 50.9 Å². The number of fused-ring (bicyclic) bond motifs is 1. The molecule has 0 aliphatic heterocycles. The molecule has 0 radical (unpaired) electrons. The number of nitrogens with zero attached hydrogens (tertiary/aromatic N) is 1. The molecule has 0 aromatic heterocycles. The van der Waals surface area contributed by atoms with Crippen LogP contribution >= 0.6 is 0 Å². The third-order valence-electron chi connectivity index (χ3n) is 3.22. The Kier molecular flexibility index (Phi) is 7.22. The van der Waals surface area contributed by atoms with Gasteiger partial charge < -0.3 is 9.64 Å². The molecule has 132 valence electrons. The Morgan fingerprint density at radius 3 is 2.67 bits per heavy atom. The fourth-order valence-corrected chi connectivity index (χ4v) is 2.23. The molecule has 2 N–H and O–H groups in total. The van der Waals surface area contributed by atoms with Gasteiger partial charge in [-0.05, 0) is 36.1 Å². The summed E-state index contributed by atoms with van der Waals surface area (Å²) >= 11 is 0. The molecule has 0 saturated carbocycles. The van der Waals surface area contributed by atoms with Crippen molar-refractivity contribution in [2.45, 2.75) is 18.9 Å². The zero-order chi connectivity index (χ0) is 18.3. The summed E-state index contributed by atoms with van der Waals surface area (Å²) in [6, 6.07) is 6.04. The van der Waals surface area contributed by atoms with Crippen LogP contribution in [0, 0.1) is 12.3 Å². The Bertz CT molecular complexity index is 714. The van der Waals surface area contributed by atoms with Gasteiger partial charge in [0.05, 0.1) is 12.8 Å². The molecule has 1 amide bonds. The number of terminal acetylenes is 1. The van der Waals surface area contributed by atoms with E-state index in [-0.39, 0.29) is 12.1 Å². The minimum Gasteiger partial charge on any atom is -0.410 e. The van der Waals surface area contributed by atoms with Crippen LogP contribution in [0.5, 0.6) is 5.75 Å². The smallest absolute Gasteiger partial charge is 0.410 e. The highest BCUT2D eigenvalue weighted by atomic mass is 32.2. The second kappa shape index (κ2) is 8.68. The summed E-state index contributed by atoms with van der Waals surface area (Å²) in [5.41, 5.74) is 2.47. The van der Waals surface area contributed by atoms with Gasteiger partial charge in [-0.15, -0.1) is 6.42 Å². The SMILES string of the molecule is C#CCNC1CCc2ccc(OC(=O)N(C)C)cc21.CS(=O)(=O)O. The number of carbonyl (C=O) groups excluding carboxylic acids is 1. The van der Waals surface area contributed by atoms with Crippen molar-refractivity contribution in [3.8, 4) is 18.1 Å². The normalized spacial score (nSPS) is 15.5. The molecule has 7 nitrogen and oxygen atoms in total. The van der Waals surface area contributed by atoms with Crippen LogP contribution in [0.25, 0.3) is 0 Å². The van der Waals surface area contributed by atoms with E-state index >= 15 is 0 Å². The summed E-state index contributed by atoms with van der Waals surface area (Å²) in [4.78, 5) is 12.9. The second-order valence-electron chi connectivity index (χ2n) is 5.53. The highest BCUT2D eigenvalue weighted by Crippen LogP contribution is 2.33. The van der Waals surface area contributed by atoms with E-state index in [0.717, 1.165) is 12.8 Å². The maximum Gasteiger partial charge on any atom is 0.414 e. The Morgan fingerprint density at radius 2 is 2.12 bits per heavy atom. The molecule has 0 spiro atoms. The molecule has 1 aromatic carbocycles. The van der Waals surface area contributed by atoms with Crippen LogP contribution < -0.4 is 10.1 Å². The van der Waals surface area contributed by atoms with Crippen LogP contribution in [0.1, 0.15) is 23.6 Å². The van der Waals surface area contributed by atoms with E-state index in [1.165, 1.54) is 16.0 Å². The number of aryl methyl sites for hydroxylation is 1. The zero-order valence-corrected chi connectivity index (χ0v) is 14.8. The first-order valence-electron chi connectivity index (χ1n) is 7.23. The van der Waals surface area contributed by atoms with Gasteiger partial charge in [0.2, 0.25) is 0 Å². The number of nitrogens with one attached hydrogen (secondary N) is 1. The summed E-state index contributed by atoms with van der Waals surface area (Å²) in [7, 11) is -0.347. The van der Waals surface area contributed by atoms with Gasteiger partial charge >= 0.3 is 6.09 Å². The molecule has 8 heteroatoms. The van der Waals surface area contributed by atoms with E-state index in [9.17, 15) is 13.2 Å². The average molecular weight is 354 g/mol. The topological polar surface area (TPSA) is 95.9 Å². The van der Waals surface area contributed by atoms with Crippen LogP contribution in [0.4, 0.5) is 4.79 Å². The molecule has 0 saturated heterocycles. The molecule has 1 aliphatic rings. The van der Waals surface area contributed by atoms with Gasteiger partial charge in [-0.25, -0.2) is 4.79 Å². The van der Waals surface area contributed by atoms with Crippen molar-refractivity contribution in [3.05, 3.63) is 29.3 Å². The first-order chi connectivity index (χ1) is 11.1. The predicted octanol–water partition coefficient (Wildman–Crippen LogP) is 1.46. The summed E-state index contributed by atoms with van der Waals surface area (Å²) in [6.45, 7) is 0.547. The van der Waals surface area contributed by atoms with Gasteiger partial charge in [0.25, 0.3) is 10.1 Å². The highest BCUT2D eigenvalue weighted by molar-refractivity contribution is 7.85. The molecular formula is C16H22N2O5S. The van der Waals surface area contributed by atoms with Crippen LogP contribution in [0.3, 0.4) is 0 Å². The van der Waals surface area contributed by atoms with E-state index in [2.05, 4.69) is 11.2 Å². The lowest BCUT2D eigenvalue weighted by molar-refractivity contribution is 0.172. The van der Waals surface area contributed by atoms with Gasteiger partial charge in [-0.2, -0.15) is 8.42 Å². The van der Waals surface area contributed by atoms with Crippen molar-refractivity contribution in [1.29, 1.82) is 0 Å². The van der Waals surface area contributed by atoms with Gasteiger partial charge in [0, 0.05) is 20.1 Å². The zero-order valence-electron chi connectivity index (χ0n) is 13.9.